The van der Waals surface area contributed by atoms with Crippen LogP contribution in [0.1, 0.15) is 32.8 Å². The lowest BCUT2D eigenvalue weighted by Gasteiger charge is -2.24. The molecule has 1 aromatic rings. The van der Waals surface area contributed by atoms with Crippen LogP contribution in [-0.2, 0) is 6.42 Å². The van der Waals surface area contributed by atoms with Gasteiger partial charge in [0.2, 0.25) is 0 Å². The molecule has 0 radical (unpaired) electrons. The van der Waals surface area contributed by atoms with Crippen molar-refractivity contribution >= 4 is 5.69 Å². The number of nitrogens with zero attached hydrogens (tertiary/aromatic N) is 1. The summed E-state index contributed by atoms with van der Waals surface area (Å²) >= 11 is 0. The molecule has 0 aliphatic carbocycles. The third kappa shape index (κ3) is 4.20. The van der Waals surface area contributed by atoms with Crippen molar-refractivity contribution in [1.82, 2.24) is 5.32 Å². The van der Waals surface area contributed by atoms with Gasteiger partial charge in [-0.2, -0.15) is 0 Å². The molecule has 112 valence electrons. The Morgan fingerprint density at radius 1 is 1.40 bits per heavy atom. The fraction of sp³-hybridized carbons (Fsp3) is 0.600. The first kappa shape index (κ1) is 16.4. The van der Waals surface area contributed by atoms with Gasteiger partial charge in [0.25, 0.3) is 5.69 Å². The highest BCUT2D eigenvalue weighted by Gasteiger charge is 2.18. The Bertz CT molecular complexity index is 449. The van der Waals surface area contributed by atoms with Gasteiger partial charge in [-0.05, 0) is 31.4 Å². The van der Waals surface area contributed by atoms with Gasteiger partial charge >= 0.3 is 0 Å². The second-order valence-corrected chi connectivity index (χ2v) is 5.01. The van der Waals surface area contributed by atoms with E-state index in [4.69, 9.17) is 4.74 Å². The monoisotopic (exact) mass is 280 g/mol. The maximum atomic E-state index is 10.9. The second kappa shape index (κ2) is 7.85. The molecule has 5 heteroatoms. The van der Waals surface area contributed by atoms with Crippen LogP contribution in [-0.4, -0.2) is 24.6 Å². The van der Waals surface area contributed by atoms with Gasteiger partial charge in [-0.3, -0.25) is 10.1 Å². The standard InChI is InChI=1S/C15H24N2O3/c1-5-14(16-6-2)11(3)9-12-10-13(17(18)19)7-8-15(12)20-4/h7-8,10-11,14,16H,5-6,9H2,1-4H3. The largest absolute Gasteiger partial charge is 0.496 e. The summed E-state index contributed by atoms with van der Waals surface area (Å²) in [5.74, 6) is 1.10. The van der Waals surface area contributed by atoms with Crippen molar-refractivity contribution in [2.24, 2.45) is 5.92 Å². The molecule has 0 amide bonds. The summed E-state index contributed by atoms with van der Waals surface area (Å²) in [6, 6.07) is 5.18. The maximum absolute atomic E-state index is 10.9. The molecule has 0 spiro atoms. The molecule has 1 aromatic carbocycles. The van der Waals surface area contributed by atoms with Crippen LogP contribution in [0.25, 0.3) is 0 Å². The van der Waals surface area contributed by atoms with E-state index in [0.717, 1.165) is 24.9 Å². The molecule has 1 N–H and O–H groups in total. The van der Waals surface area contributed by atoms with Gasteiger partial charge in [-0.1, -0.05) is 20.8 Å². The van der Waals surface area contributed by atoms with Gasteiger partial charge in [0.05, 0.1) is 12.0 Å². The number of ether oxygens (including phenoxy) is 1. The topological polar surface area (TPSA) is 64.4 Å². The third-order valence-electron chi connectivity index (χ3n) is 3.61. The predicted molar refractivity (Wildman–Crippen MR) is 80.3 cm³/mol. The molecule has 0 fully saturated rings. The van der Waals surface area contributed by atoms with Crippen LogP contribution in [0.4, 0.5) is 5.69 Å². The summed E-state index contributed by atoms with van der Waals surface area (Å²) < 4.78 is 5.31. The summed E-state index contributed by atoms with van der Waals surface area (Å²) in [5.41, 5.74) is 1.01. The van der Waals surface area contributed by atoms with Crippen molar-refractivity contribution in [2.75, 3.05) is 13.7 Å². The van der Waals surface area contributed by atoms with E-state index in [1.165, 1.54) is 6.07 Å². The molecular weight excluding hydrogens is 256 g/mol. The Hall–Kier alpha value is -1.62. The van der Waals surface area contributed by atoms with E-state index in [1.54, 1.807) is 19.2 Å². The van der Waals surface area contributed by atoms with Crippen molar-refractivity contribution < 1.29 is 9.66 Å². The number of methoxy groups -OCH3 is 1. The minimum absolute atomic E-state index is 0.115. The lowest BCUT2D eigenvalue weighted by Crippen LogP contribution is -2.35. The molecule has 0 aliphatic rings. The van der Waals surface area contributed by atoms with Crippen molar-refractivity contribution in [3.63, 3.8) is 0 Å². The number of benzene rings is 1. The zero-order valence-electron chi connectivity index (χ0n) is 12.7. The van der Waals surface area contributed by atoms with Crippen LogP contribution in [0.2, 0.25) is 0 Å². The summed E-state index contributed by atoms with van der Waals surface area (Å²) in [5, 5.41) is 14.3. The molecular formula is C15H24N2O3. The number of nitrogens with one attached hydrogen (secondary N) is 1. The number of non-ortho nitro benzene ring substituents is 1. The summed E-state index contributed by atoms with van der Waals surface area (Å²) in [4.78, 5) is 10.5. The van der Waals surface area contributed by atoms with Crippen LogP contribution in [0.3, 0.4) is 0 Å². The lowest BCUT2D eigenvalue weighted by molar-refractivity contribution is -0.384. The predicted octanol–water partition coefficient (Wildman–Crippen LogP) is 3.17. The van der Waals surface area contributed by atoms with Crippen molar-refractivity contribution in [2.45, 2.75) is 39.7 Å². The molecule has 0 aliphatic heterocycles. The summed E-state index contributed by atoms with van der Waals surface area (Å²) in [6.45, 7) is 7.32. The van der Waals surface area contributed by atoms with E-state index in [-0.39, 0.29) is 10.6 Å². The maximum Gasteiger partial charge on any atom is 0.269 e. The quantitative estimate of drug-likeness (QED) is 0.587. The molecule has 5 nitrogen and oxygen atoms in total. The Labute approximate surface area is 120 Å². The van der Waals surface area contributed by atoms with Crippen LogP contribution < -0.4 is 10.1 Å². The van der Waals surface area contributed by atoms with Crippen LogP contribution in [0.15, 0.2) is 18.2 Å². The number of hydrogen-bond acceptors (Lipinski definition) is 4. The van der Waals surface area contributed by atoms with Gasteiger partial charge in [0.15, 0.2) is 0 Å². The molecule has 0 bridgehead atoms. The molecule has 20 heavy (non-hydrogen) atoms. The van der Waals surface area contributed by atoms with Gasteiger partial charge in [0, 0.05) is 23.7 Å². The van der Waals surface area contributed by atoms with Gasteiger partial charge < -0.3 is 10.1 Å². The lowest BCUT2D eigenvalue weighted by atomic mass is 9.91. The molecule has 2 atom stereocenters. The van der Waals surface area contributed by atoms with Gasteiger partial charge in [-0.25, -0.2) is 0 Å². The molecule has 2 unspecified atom stereocenters. The zero-order valence-corrected chi connectivity index (χ0v) is 12.7. The van der Waals surface area contributed by atoms with Gasteiger partial charge in [-0.15, -0.1) is 0 Å². The minimum atomic E-state index is -0.366. The Morgan fingerprint density at radius 3 is 2.60 bits per heavy atom. The minimum Gasteiger partial charge on any atom is -0.496 e. The normalized spacial score (nSPS) is 13.8. The fourth-order valence-corrected chi connectivity index (χ4v) is 2.54. The molecule has 0 heterocycles. The zero-order chi connectivity index (χ0) is 15.1. The number of nitro groups is 1. The van der Waals surface area contributed by atoms with Crippen molar-refractivity contribution in [3.8, 4) is 5.75 Å². The third-order valence-corrected chi connectivity index (χ3v) is 3.61. The van der Waals surface area contributed by atoms with Crippen LogP contribution in [0.5, 0.6) is 5.75 Å². The summed E-state index contributed by atoms with van der Waals surface area (Å²) in [6.07, 6.45) is 1.79. The van der Waals surface area contributed by atoms with Crippen molar-refractivity contribution in [3.05, 3.63) is 33.9 Å². The van der Waals surface area contributed by atoms with E-state index in [9.17, 15) is 10.1 Å². The summed E-state index contributed by atoms with van der Waals surface area (Å²) in [7, 11) is 1.59. The number of nitro benzene ring substituents is 1. The first-order chi connectivity index (χ1) is 9.53. The molecule has 0 aromatic heterocycles. The molecule has 1 rings (SSSR count). The Kier molecular flexibility index (Phi) is 6.45. The van der Waals surface area contributed by atoms with Crippen molar-refractivity contribution in [1.29, 1.82) is 0 Å². The Morgan fingerprint density at radius 2 is 2.10 bits per heavy atom. The smallest absolute Gasteiger partial charge is 0.269 e. The van der Waals surface area contributed by atoms with Crippen LogP contribution in [0, 0.1) is 16.0 Å². The average Bonchev–Trinajstić information content (AvgIpc) is 2.44. The highest BCUT2D eigenvalue weighted by Crippen LogP contribution is 2.27. The molecule has 0 saturated carbocycles. The first-order valence-corrected chi connectivity index (χ1v) is 7.08. The van der Waals surface area contributed by atoms with E-state index in [0.29, 0.717) is 17.7 Å². The van der Waals surface area contributed by atoms with E-state index in [1.807, 2.05) is 0 Å². The highest BCUT2D eigenvalue weighted by atomic mass is 16.6. The Balaban J connectivity index is 2.93. The second-order valence-electron chi connectivity index (χ2n) is 5.01. The highest BCUT2D eigenvalue weighted by molar-refractivity contribution is 5.44. The number of rotatable bonds is 8. The molecule has 0 saturated heterocycles. The number of hydrogen-bond donors (Lipinski definition) is 1. The van der Waals surface area contributed by atoms with Gasteiger partial charge in [0.1, 0.15) is 5.75 Å². The van der Waals surface area contributed by atoms with Crippen LogP contribution >= 0.6 is 0 Å². The van der Waals surface area contributed by atoms with E-state index < -0.39 is 0 Å². The fourth-order valence-electron chi connectivity index (χ4n) is 2.54. The SMILES string of the molecule is CCNC(CC)C(C)Cc1cc([N+](=O)[O-])ccc1OC. The average molecular weight is 280 g/mol. The first-order valence-electron chi connectivity index (χ1n) is 7.08. The van der Waals surface area contributed by atoms with E-state index >= 15 is 0 Å². The van der Waals surface area contributed by atoms with E-state index in [2.05, 4.69) is 26.1 Å².